The van der Waals surface area contributed by atoms with Gasteiger partial charge in [-0.1, -0.05) is 17.7 Å². The molecule has 0 bridgehead atoms. The summed E-state index contributed by atoms with van der Waals surface area (Å²) in [5, 5.41) is 0. The Labute approximate surface area is 125 Å². The third-order valence-corrected chi connectivity index (χ3v) is 3.14. The number of carbonyl (C=O) groups excluding carboxylic acids is 2. The summed E-state index contributed by atoms with van der Waals surface area (Å²) in [5.74, 6) is 0.180. The van der Waals surface area contributed by atoms with Crippen molar-refractivity contribution in [3.05, 3.63) is 29.3 Å². The lowest BCUT2D eigenvalue weighted by Gasteiger charge is -2.20. The molecule has 5 nitrogen and oxygen atoms in total. The van der Waals surface area contributed by atoms with Crippen LogP contribution in [0.1, 0.15) is 25.0 Å². The number of aryl methyl sites for hydroxylation is 1. The summed E-state index contributed by atoms with van der Waals surface area (Å²) < 4.78 is 10.2. The molecule has 0 N–H and O–H groups in total. The Morgan fingerprint density at radius 2 is 1.95 bits per heavy atom. The van der Waals surface area contributed by atoms with Gasteiger partial charge in [-0.3, -0.25) is 9.59 Å². The molecule has 1 aromatic rings. The van der Waals surface area contributed by atoms with Gasteiger partial charge in [0.15, 0.2) is 0 Å². The van der Waals surface area contributed by atoms with E-state index < -0.39 is 0 Å². The molecule has 0 aliphatic rings. The van der Waals surface area contributed by atoms with Crippen LogP contribution < -0.4 is 4.74 Å². The highest BCUT2D eigenvalue weighted by atomic mass is 16.5. The van der Waals surface area contributed by atoms with Crippen molar-refractivity contribution < 1.29 is 19.1 Å². The fourth-order valence-electron chi connectivity index (χ4n) is 2.06. The zero-order valence-corrected chi connectivity index (χ0v) is 13.1. The first kappa shape index (κ1) is 17.0. The van der Waals surface area contributed by atoms with Crippen molar-refractivity contribution >= 4 is 11.9 Å². The number of hydrogen-bond acceptors (Lipinski definition) is 4. The zero-order chi connectivity index (χ0) is 15.8. The Kier molecular flexibility index (Phi) is 6.72. The van der Waals surface area contributed by atoms with Gasteiger partial charge in [-0.05, 0) is 26.8 Å². The van der Waals surface area contributed by atoms with Gasteiger partial charge in [0.1, 0.15) is 12.3 Å². The number of methoxy groups -OCH3 is 1. The van der Waals surface area contributed by atoms with E-state index in [0.717, 1.165) is 11.1 Å². The van der Waals surface area contributed by atoms with Crippen molar-refractivity contribution in [3.8, 4) is 5.75 Å². The van der Waals surface area contributed by atoms with Gasteiger partial charge in [0.05, 0.1) is 20.1 Å². The fourth-order valence-corrected chi connectivity index (χ4v) is 2.06. The second kappa shape index (κ2) is 8.29. The monoisotopic (exact) mass is 293 g/mol. The van der Waals surface area contributed by atoms with Crippen LogP contribution >= 0.6 is 0 Å². The first-order valence-corrected chi connectivity index (χ1v) is 7.08. The van der Waals surface area contributed by atoms with Crippen LogP contribution in [0.3, 0.4) is 0 Å². The number of likely N-dealkylation sites (N-methyl/N-ethyl adjacent to an activating group) is 1. The zero-order valence-electron chi connectivity index (χ0n) is 13.1. The molecular weight excluding hydrogens is 270 g/mol. The number of benzene rings is 1. The molecule has 1 aromatic carbocycles. The van der Waals surface area contributed by atoms with Crippen molar-refractivity contribution in [2.24, 2.45) is 0 Å². The molecule has 1 rings (SSSR count). The van der Waals surface area contributed by atoms with E-state index >= 15 is 0 Å². The molecule has 116 valence electrons. The predicted octanol–water partition coefficient (Wildman–Crippen LogP) is 1.96. The summed E-state index contributed by atoms with van der Waals surface area (Å²) in [4.78, 5) is 25.3. The van der Waals surface area contributed by atoms with E-state index in [1.54, 1.807) is 14.0 Å². The average Bonchev–Trinajstić information content (AvgIpc) is 2.45. The molecular formula is C16H23NO4. The van der Waals surface area contributed by atoms with Crippen LogP contribution in [0.2, 0.25) is 0 Å². The minimum atomic E-state index is -0.385. The maximum Gasteiger partial charge on any atom is 0.325 e. The number of rotatable bonds is 7. The summed E-state index contributed by atoms with van der Waals surface area (Å²) in [6.45, 7) is 6.31. The van der Waals surface area contributed by atoms with Crippen LogP contribution in [0.5, 0.6) is 5.75 Å². The summed E-state index contributed by atoms with van der Waals surface area (Å²) in [5.41, 5.74) is 1.89. The van der Waals surface area contributed by atoms with Gasteiger partial charge in [0.2, 0.25) is 5.91 Å². The van der Waals surface area contributed by atoms with Gasteiger partial charge >= 0.3 is 5.97 Å². The van der Waals surface area contributed by atoms with Gasteiger partial charge < -0.3 is 14.4 Å². The van der Waals surface area contributed by atoms with Gasteiger partial charge in [0, 0.05) is 12.1 Å². The van der Waals surface area contributed by atoms with E-state index in [1.807, 2.05) is 32.0 Å². The average molecular weight is 293 g/mol. The topological polar surface area (TPSA) is 55.8 Å². The van der Waals surface area contributed by atoms with E-state index in [9.17, 15) is 9.59 Å². The third-order valence-electron chi connectivity index (χ3n) is 3.14. The van der Waals surface area contributed by atoms with E-state index in [-0.39, 0.29) is 24.8 Å². The Bertz CT molecular complexity index is 499. The molecule has 0 saturated heterocycles. The van der Waals surface area contributed by atoms with Gasteiger partial charge in [-0.15, -0.1) is 0 Å². The molecule has 0 saturated carbocycles. The Balaban J connectivity index is 2.78. The Hall–Kier alpha value is -2.04. The standard InChI is InChI=1S/C16H23NO4/c1-5-17(11-16(19)21-6-2)15(18)10-13-9-12(3)7-8-14(13)20-4/h7-9H,5-6,10-11H2,1-4H3. The van der Waals surface area contributed by atoms with E-state index in [2.05, 4.69) is 0 Å². The quantitative estimate of drug-likeness (QED) is 0.721. The number of ether oxygens (including phenoxy) is 2. The van der Waals surface area contributed by atoms with E-state index in [0.29, 0.717) is 18.9 Å². The first-order chi connectivity index (χ1) is 10.0. The predicted molar refractivity (Wildman–Crippen MR) is 80.3 cm³/mol. The molecule has 5 heteroatoms. The summed E-state index contributed by atoms with van der Waals surface area (Å²) in [6.07, 6.45) is 0.206. The third kappa shape index (κ3) is 5.10. The van der Waals surface area contributed by atoms with Crippen LogP contribution in [0, 0.1) is 6.92 Å². The van der Waals surface area contributed by atoms with Gasteiger partial charge in [-0.25, -0.2) is 0 Å². The second-order valence-corrected chi connectivity index (χ2v) is 4.71. The molecule has 0 aliphatic carbocycles. The minimum absolute atomic E-state index is 0.0166. The van der Waals surface area contributed by atoms with Crippen LogP contribution in [0.25, 0.3) is 0 Å². The van der Waals surface area contributed by atoms with Crippen LogP contribution in [0.15, 0.2) is 18.2 Å². The summed E-state index contributed by atoms with van der Waals surface area (Å²) in [7, 11) is 1.58. The highest BCUT2D eigenvalue weighted by Gasteiger charge is 2.18. The lowest BCUT2D eigenvalue weighted by molar-refractivity contribution is -0.148. The first-order valence-electron chi connectivity index (χ1n) is 7.08. The SMILES string of the molecule is CCOC(=O)CN(CC)C(=O)Cc1cc(C)ccc1OC. The smallest absolute Gasteiger partial charge is 0.325 e. The molecule has 0 aromatic heterocycles. The minimum Gasteiger partial charge on any atom is -0.496 e. The number of esters is 1. The van der Waals surface area contributed by atoms with Crippen LogP contribution in [0.4, 0.5) is 0 Å². The van der Waals surface area contributed by atoms with E-state index in [1.165, 1.54) is 4.90 Å². The van der Waals surface area contributed by atoms with Crippen molar-refractivity contribution in [2.45, 2.75) is 27.2 Å². The largest absolute Gasteiger partial charge is 0.496 e. The number of hydrogen-bond donors (Lipinski definition) is 0. The molecule has 21 heavy (non-hydrogen) atoms. The maximum atomic E-state index is 12.3. The number of nitrogens with zero attached hydrogens (tertiary/aromatic N) is 1. The highest BCUT2D eigenvalue weighted by Crippen LogP contribution is 2.20. The summed E-state index contributed by atoms with van der Waals surface area (Å²) >= 11 is 0. The molecule has 0 aliphatic heterocycles. The molecule has 0 unspecified atom stereocenters. The normalized spacial score (nSPS) is 10.1. The molecule has 0 spiro atoms. The van der Waals surface area contributed by atoms with Crippen molar-refractivity contribution in [1.82, 2.24) is 4.90 Å². The van der Waals surface area contributed by atoms with Crippen molar-refractivity contribution in [1.29, 1.82) is 0 Å². The Morgan fingerprint density at radius 3 is 2.52 bits per heavy atom. The van der Waals surface area contributed by atoms with Gasteiger partial charge in [0.25, 0.3) is 0 Å². The molecule has 0 fully saturated rings. The molecule has 0 heterocycles. The lowest BCUT2D eigenvalue weighted by Crippen LogP contribution is -2.37. The van der Waals surface area contributed by atoms with Crippen molar-refractivity contribution in [2.75, 3.05) is 26.8 Å². The number of carbonyl (C=O) groups is 2. The van der Waals surface area contributed by atoms with E-state index in [4.69, 9.17) is 9.47 Å². The highest BCUT2D eigenvalue weighted by molar-refractivity contribution is 5.84. The summed E-state index contributed by atoms with van der Waals surface area (Å²) in [6, 6.07) is 5.71. The Morgan fingerprint density at radius 1 is 1.24 bits per heavy atom. The van der Waals surface area contributed by atoms with Crippen LogP contribution in [-0.4, -0.2) is 43.6 Å². The maximum absolute atomic E-state index is 12.3. The second-order valence-electron chi connectivity index (χ2n) is 4.71. The van der Waals surface area contributed by atoms with Crippen LogP contribution in [-0.2, 0) is 20.7 Å². The molecule has 1 amide bonds. The van der Waals surface area contributed by atoms with Crippen molar-refractivity contribution in [3.63, 3.8) is 0 Å². The van der Waals surface area contributed by atoms with Gasteiger partial charge in [-0.2, -0.15) is 0 Å². The fraction of sp³-hybridized carbons (Fsp3) is 0.500. The molecule has 0 atom stereocenters. The number of amides is 1. The molecule has 0 radical (unpaired) electrons. The lowest BCUT2D eigenvalue weighted by atomic mass is 10.1.